The first-order valence-corrected chi connectivity index (χ1v) is 4.02. The molecule has 13 heavy (non-hydrogen) atoms. The van der Waals surface area contributed by atoms with Crippen LogP contribution in [0.5, 0.6) is 0 Å². The highest BCUT2D eigenvalue weighted by atomic mass is 19.1. The number of halogens is 1. The number of hydrogen-bond acceptors (Lipinski definition) is 1. The molecule has 0 saturated carbocycles. The minimum absolute atomic E-state index is 0.217. The van der Waals surface area contributed by atoms with Crippen LogP contribution in [-0.2, 0) is 7.05 Å². The van der Waals surface area contributed by atoms with E-state index in [1.807, 2.05) is 6.07 Å². The number of benzene rings is 1. The van der Waals surface area contributed by atoms with Gasteiger partial charge in [0.25, 0.3) is 0 Å². The third-order valence-electron chi connectivity index (χ3n) is 1.97. The maximum Gasteiger partial charge on any atom is 0.132 e. The van der Waals surface area contributed by atoms with Gasteiger partial charge in [-0.1, -0.05) is 12.1 Å². The zero-order valence-electron chi connectivity index (χ0n) is 7.24. The standard InChI is InChI=1S/C10H9FN2/c1-13-10(6-7-12-13)8-4-2-3-5-9(8)11/h2-7H,1H3. The summed E-state index contributed by atoms with van der Waals surface area (Å²) in [5, 5.41) is 3.98. The normalized spacial score (nSPS) is 10.3. The highest BCUT2D eigenvalue weighted by Crippen LogP contribution is 2.20. The third-order valence-corrected chi connectivity index (χ3v) is 1.97. The number of aromatic nitrogens is 2. The Kier molecular flexibility index (Phi) is 1.85. The Morgan fingerprint density at radius 1 is 1.23 bits per heavy atom. The third kappa shape index (κ3) is 1.33. The molecule has 0 unspecified atom stereocenters. The van der Waals surface area contributed by atoms with E-state index in [2.05, 4.69) is 5.10 Å². The minimum atomic E-state index is -0.217. The molecule has 1 aromatic carbocycles. The molecular formula is C10H9FN2. The van der Waals surface area contributed by atoms with Crippen molar-refractivity contribution in [3.63, 3.8) is 0 Å². The molecule has 2 aromatic rings. The topological polar surface area (TPSA) is 17.8 Å². The first-order chi connectivity index (χ1) is 6.29. The summed E-state index contributed by atoms with van der Waals surface area (Å²) in [5.74, 6) is -0.217. The predicted molar refractivity (Wildman–Crippen MR) is 48.6 cm³/mol. The van der Waals surface area contributed by atoms with E-state index in [9.17, 15) is 4.39 Å². The van der Waals surface area contributed by atoms with Crippen LogP contribution in [0.25, 0.3) is 11.3 Å². The molecule has 0 saturated heterocycles. The maximum atomic E-state index is 13.3. The minimum Gasteiger partial charge on any atom is -0.268 e. The molecule has 0 aliphatic carbocycles. The van der Waals surface area contributed by atoms with Crippen LogP contribution in [0, 0.1) is 5.82 Å². The molecular weight excluding hydrogens is 167 g/mol. The van der Waals surface area contributed by atoms with E-state index in [4.69, 9.17) is 0 Å². The molecule has 0 radical (unpaired) electrons. The summed E-state index contributed by atoms with van der Waals surface area (Å²) < 4.78 is 14.9. The zero-order chi connectivity index (χ0) is 9.26. The largest absolute Gasteiger partial charge is 0.268 e. The first kappa shape index (κ1) is 7.98. The molecule has 66 valence electrons. The van der Waals surface area contributed by atoms with E-state index < -0.39 is 0 Å². The van der Waals surface area contributed by atoms with Gasteiger partial charge in [0.05, 0.1) is 5.69 Å². The fourth-order valence-corrected chi connectivity index (χ4v) is 1.31. The molecule has 1 heterocycles. The smallest absolute Gasteiger partial charge is 0.132 e. The van der Waals surface area contributed by atoms with Crippen molar-refractivity contribution < 1.29 is 4.39 Å². The SMILES string of the molecule is Cn1nccc1-c1ccccc1F. The Morgan fingerprint density at radius 2 is 2.00 bits per heavy atom. The highest BCUT2D eigenvalue weighted by molar-refractivity contribution is 5.59. The van der Waals surface area contributed by atoms with Crippen molar-refractivity contribution in [2.24, 2.45) is 7.05 Å². The lowest BCUT2D eigenvalue weighted by atomic mass is 10.1. The molecule has 0 amide bonds. The van der Waals surface area contributed by atoms with Crippen molar-refractivity contribution in [1.29, 1.82) is 0 Å². The Morgan fingerprint density at radius 3 is 2.62 bits per heavy atom. The van der Waals surface area contributed by atoms with Gasteiger partial charge in [0.1, 0.15) is 5.82 Å². The van der Waals surface area contributed by atoms with Crippen molar-refractivity contribution in [3.05, 3.63) is 42.3 Å². The summed E-state index contributed by atoms with van der Waals surface area (Å²) in [5.41, 5.74) is 1.38. The van der Waals surface area contributed by atoms with E-state index in [1.165, 1.54) is 6.07 Å². The fourth-order valence-electron chi connectivity index (χ4n) is 1.31. The van der Waals surface area contributed by atoms with Gasteiger partial charge in [0, 0.05) is 18.8 Å². The van der Waals surface area contributed by atoms with E-state index in [-0.39, 0.29) is 5.82 Å². The van der Waals surface area contributed by atoms with E-state index in [0.29, 0.717) is 5.56 Å². The van der Waals surface area contributed by atoms with Gasteiger partial charge in [-0.05, 0) is 18.2 Å². The average Bonchev–Trinajstić information content (AvgIpc) is 2.52. The average molecular weight is 176 g/mol. The Hall–Kier alpha value is -1.64. The van der Waals surface area contributed by atoms with E-state index in [0.717, 1.165) is 5.69 Å². The van der Waals surface area contributed by atoms with Crippen molar-refractivity contribution in [2.75, 3.05) is 0 Å². The van der Waals surface area contributed by atoms with E-state index >= 15 is 0 Å². The van der Waals surface area contributed by atoms with Crippen LogP contribution in [0.1, 0.15) is 0 Å². The van der Waals surface area contributed by atoms with Gasteiger partial charge >= 0.3 is 0 Å². The molecule has 0 N–H and O–H groups in total. The van der Waals surface area contributed by atoms with Crippen molar-refractivity contribution in [1.82, 2.24) is 9.78 Å². The molecule has 0 spiro atoms. The Bertz CT molecular complexity index is 420. The number of aryl methyl sites for hydroxylation is 1. The van der Waals surface area contributed by atoms with Crippen LogP contribution in [0.3, 0.4) is 0 Å². The molecule has 0 aliphatic rings. The first-order valence-electron chi connectivity index (χ1n) is 4.02. The molecule has 0 aliphatic heterocycles. The lowest BCUT2D eigenvalue weighted by Crippen LogP contribution is -1.94. The second-order valence-electron chi connectivity index (χ2n) is 2.82. The summed E-state index contributed by atoms with van der Waals surface area (Å²) in [7, 11) is 1.79. The van der Waals surface area contributed by atoms with Gasteiger partial charge in [-0.15, -0.1) is 0 Å². The van der Waals surface area contributed by atoms with Gasteiger partial charge in [-0.25, -0.2) is 4.39 Å². The lowest BCUT2D eigenvalue weighted by molar-refractivity contribution is 0.628. The molecule has 0 atom stereocenters. The molecule has 3 heteroatoms. The maximum absolute atomic E-state index is 13.3. The lowest BCUT2D eigenvalue weighted by Gasteiger charge is -2.02. The Labute approximate surface area is 75.6 Å². The summed E-state index contributed by atoms with van der Waals surface area (Å²) >= 11 is 0. The van der Waals surface area contributed by atoms with Gasteiger partial charge in [0.15, 0.2) is 0 Å². The van der Waals surface area contributed by atoms with Crippen LogP contribution < -0.4 is 0 Å². The summed E-state index contributed by atoms with van der Waals surface area (Å²) in [6.45, 7) is 0. The van der Waals surface area contributed by atoms with Gasteiger partial charge < -0.3 is 0 Å². The molecule has 2 rings (SSSR count). The summed E-state index contributed by atoms with van der Waals surface area (Å²) in [6, 6.07) is 8.47. The van der Waals surface area contributed by atoms with Gasteiger partial charge in [0.2, 0.25) is 0 Å². The van der Waals surface area contributed by atoms with Crippen molar-refractivity contribution in [3.8, 4) is 11.3 Å². The summed E-state index contributed by atoms with van der Waals surface area (Å²) in [6.07, 6.45) is 1.65. The second kappa shape index (κ2) is 3.01. The van der Waals surface area contributed by atoms with Crippen LogP contribution in [0.2, 0.25) is 0 Å². The van der Waals surface area contributed by atoms with Crippen LogP contribution in [-0.4, -0.2) is 9.78 Å². The highest BCUT2D eigenvalue weighted by Gasteiger charge is 2.06. The number of rotatable bonds is 1. The van der Waals surface area contributed by atoms with Gasteiger partial charge in [-0.3, -0.25) is 4.68 Å². The second-order valence-corrected chi connectivity index (χ2v) is 2.82. The number of nitrogens with zero attached hydrogens (tertiary/aromatic N) is 2. The Balaban J connectivity index is 2.59. The fraction of sp³-hybridized carbons (Fsp3) is 0.100. The van der Waals surface area contributed by atoms with Crippen LogP contribution >= 0.6 is 0 Å². The van der Waals surface area contributed by atoms with Crippen molar-refractivity contribution in [2.45, 2.75) is 0 Å². The van der Waals surface area contributed by atoms with Crippen LogP contribution in [0.15, 0.2) is 36.5 Å². The molecule has 0 bridgehead atoms. The number of hydrogen-bond donors (Lipinski definition) is 0. The predicted octanol–water partition coefficient (Wildman–Crippen LogP) is 2.23. The van der Waals surface area contributed by atoms with Crippen molar-refractivity contribution >= 4 is 0 Å². The monoisotopic (exact) mass is 176 g/mol. The van der Waals surface area contributed by atoms with Crippen LogP contribution in [0.4, 0.5) is 4.39 Å². The van der Waals surface area contributed by atoms with Gasteiger partial charge in [-0.2, -0.15) is 5.10 Å². The summed E-state index contributed by atoms with van der Waals surface area (Å²) in [4.78, 5) is 0. The molecule has 2 nitrogen and oxygen atoms in total. The van der Waals surface area contributed by atoms with E-state index in [1.54, 1.807) is 36.1 Å². The zero-order valence-corrected chi connectivity index (χ0v) is 7.24. The quantitative estimate of drug-likeness (QED) is 0.651. The molecule has 1 aromatic heterocycles. The molecule has 0 fully saturated rings.